The van der Waals surface area contributed by atoms with Gasteiger partial charge in [0.1, 0.15) is 12.4 Å². The number of hydrogen-bond donors (Lipinski definition) is 0. The quantitative estimate of drug-likeness (QED) is 0.611. The van der Waals surface area contributed by atoms with Crippen molar-refractivity contribution in [1.29, 1.82) is 0 Å². The van der Waals surface area contributed by atoms with Crippen molar-refractivity contribution >= 4 is 15.9 Å². The van der Waals surface area contributed by atoms with Gasteiger partial charge in [0.15, 0.2) is 0 Å². The van der Waals surface area contributed by atoms with Gasteiger partial charge in [-0.05, 0) is 36.8 Å². The standard InChI is InChI=1S/C24H31N3O5S/c1-20-7-8-21(19-23(20)33(29,30)27-14-16-31-17-15-27)24(28)26-11-9-25(10-12-26)13-18-32-22-5-3-2-4-6-22/h2-8,19H,9-18H2,1H3. The highest BCUT2D eigenvalue weighted by Crippen LogP contribution is 2.23. The third-order valence-electron chi connectivity index (χ3n) is 6.10. The molecule has 0 aromatic heterocycles. The first-order valence-electron chi connectivity index (χ1n) is 11.3. The Morgan fingerprint density at radius 3 is 2.36 bits per heavy atom. The van der Waals surface area contributed by atoms with Crippen LogP contribution in [0.25, 0.3) is 0 Å². The summed E-state index contributed by atoms with van der Waals surface area (Å²) in [5.41, 5.74) is 1.05. The van der Waals surface area contributed by atoms with Crippen LogP contribution in [0.4, 0.5) is 0 Å². The van der Waals surface area contributed by atoms with Crippen LogP contribution in [-0.4, -0.2) is 94.1 Å². The van der Waals surface area contributed by atoms with E-state index in [4.69, 9.17) is 9.47 Å². The van der Waals surface area contributed by atoms with Crippen LogP contribution in [-0.2, 0) is 14.8 Å². The lowest BCUT2D eigenvalue weighted by atomic mass is 10.1. The third kappa shape index (κ3) is 5.73. The zero-order chi connectivity index (χ0) is 23.3. The van der Waals surface area contributed by atoms with Gasteiger partial charge in [-0.25, -0.2) is 8.42 Å². The Morgan fingerprint density at radius 2 is 1.67 bits per heavy atom. The van der Waals surface area contributed by atoms with E-state index in [-0.39, 0.29) is 10.8 Å². The molecular weight excluding hydrogens is 442 g/mol. The van der Waals surface area contributed by atoms with Crippen molar-refractivity contribution in [3.63, 3.8) is 0 Å². The van der Waals surface area contributed by atoms with Gasteiger partial charge in [0.05, 0.1) is 18.1 Å². The third-order valence-corrected chi connectivity index (χ3v) is 8.14. The van der Waals surface area contributed by atoms with E-state index < -0.39 is 10.0 Å². The molecule has 0 unspecified atom stereocenters. The van der Waals surface area contributed by atoms with Crippen LogP contribution in [0.15, 0.2) is 53.4 Å². The monoisotopic (exact) mass is 473 g/mol. The summed E-state index contributed by atoms with van der Waals surface area (Å²) < 4.78 is 38.7. The number of morpholine rings is 1. The van der Waals surface area contributed by atoms with Crippen molar-refractivity contribution in [3.05, 3.63) is 59.7 Å². The van der Waals surface area contributed by atoms with Crippen molar-refractivity contribution in [3.8, 4) is 5.75 Å². The fourth-order valence-electron chi connectivity index (χ4n) is 4.10. The molecule has 4 rings (SSSR count). The molecule has 0 atom stereocenters. The number of sulfonamides is 1. The molecule has 33 heavy (non-hydrogen) atoms. The van der Waals surface area contributed by atoms with E-state index >= 15 is 0 Å². The largest absolute Gasteiger partial charge is 0.492 e. The van der Waals surface area contributed by atoms with Crippen LogP contribution < -0.4 is 4.74 Å². The van der Waals surface area contributed by atoms with Gasteiger partial charge in [-0.3, -0.25) is 9.69 Å². The molecule has 2 aromatic rings. The summed E-state index contributed by atoms with van der Waals surface area (Å²) in [7, 11) is -3.66. The first kappa shape index (κ1) is 23.7. The van der Waals surface area contributed by atoms with Gasteiger partial charge in [-0.2, -0.15) is 4.31 Å². The van der Waals surface area contributed by atoms with E-state index in [0.29, 0.717) is 57.1 Å². The second kappa shape index (κ2) is 10.6. The highest BCUT2D eigenvalue weighted by molar-refractivity contribution is 7.89. The average molecular weight is 474 g/mol. The summed E-state index contributed by atoms with van der Waals surface area (Å²) in [6.07, 6.45) is 0. The average Bonchev–Trinajstić information content (AvgIpc) is 2.85. The fraction of sp³-hybridized carbons (Fsp3) is 0.458. The van der Waals surface area contributed by atoms with Crippen molar-refractivity contribution < 1.29 is 22.7 Å². The first-order chi connectivity index (χ1) is 15.9. The van der Waals surface area contributed by atoms with Crippen molar-refractivity contribution in [2.75, 3.05) is 65.6 Å². The van der Waals surface area contributed by atoms with E-state index in [0.717, 1.165) is 25.4 Å². The lowest BCUT2D eigenvalue weighted by Crippen LogP contribution is -2.49. The van der Waals surface area contributed by atoms with Crippen molar-refractivity contribution in [1.82, 2.24) is 14.1 Å². The van der Waals surface area contributed by atoms with Gasteiger partial charge in [0.25, 0.3) is 5.91 Å². The number of amides is 1. The van der Waals surface area contributed by atoms with Crippen LogP contribution in [0.1, 0.15) is 15.9 Å². The number of rotatable bonds is 7. The normalized spacial score (nSPS) is 18.3. The molecule has 178 valence electrons. The van der Waals surface area contributed by atoms with E-state index in [9.17, 15) is 13.2 Å². The van der Waals surface area contributed by atoms with Crippen molar-refractivity contribution in [2.45, 2.75) is 11.8 Å². The second-order valence-corrected chi connectivity index (χ2v) is 10.2. The summed E-state index contributed by atoms with van der Waals surface area (Å²) in [5.74, 6) is 0.724. The van der Waals surface area contributed by atoms with E-state index in [1.165, 1.54) is 10.4 Å². The number of carbonyl (C=O) groups excluding carboxylic acids is 1. The molecule has 0 bridgehead atoms. The molecule has 2 heterocycles. The van der Waals surface area contributed by atoms with Gasteiger partial charge < -0.3 is 14.4 Å². The summed E-state index contributed by atoms with van der Waals surface area (Å²) in [6, 6.07) is 14.7. The van der Waals surface area contributed by atoms with Crippen LogP contribution in [0.2, 0.25) is 0 Å². The zero-order valence-corrected chi connectivity index (χ0v) is 19.8. The Morgan fingerprint density at radius 1 is 0.970 bits per heavy atom. The van der Waals surface area contributed by atoms with Gasteiger partial charge in [-0.15, -0.1) is 0 Å². The van der Waals surface area contributed by atoms with Crippen LogP contribution in [0.3, 0.4) is 0 Å². The smallest absolute Gasteiger partial charge is 0.253 e. The molecule has 2 aliphatic heterocycles. The number of aryl methyl sites for hydroxylation is 1. The Balaban J connectivity index is 1.34. The number of nitrogens with zero attached hydrogens (tertiary/aromatic N) is 3. The van der Waals surface area contributed by atoms with E-state index in [2.05, 4.69) is 4.90 Å². The van der Waals surface area contributed by atoms with Gasteiger partial charge >= 0.3 is 0 Å². The SMILES string of the molecule is Cc1ccc(C(=O)N2CCN(CCOc3ccccc3)CC2)cc1S(=O)(=O)N1CCOCC1. The minimum atomic E-state index is -3.66. The number of piperazine rings is 1. The van der Waals surface area contributed by atoms with Crippen molar-refractivity contribution in [2.24, 2.45) is 0 Å². The second-order valence-electron chi connectivity index (χ2n) is 8.29. The number of hydrogen-bond acceptors (Lipinski definition) is 6. The minimum Gasteiger partial charge on any atom is -0.492 e. The van der Waals surface area contributed by atoms with Gasteiger partial charge in [0.2, 0.25) is 10.0 Å². The summed E-state index contributed by atoms with van der Waals surface area (Å²) in [6.45, 7) is 7.30. The zero-order valence-electron chi connectivity index (χ0n) is 19.0. The first-order valence-corrected chi connectivity index (χ1v) is 12.8. The molecule has 0 spiro atoms. The minimum absolute atomic E-state index is 0.131. The number of benzene rings is 2. The molecular formula is C24H31N3O5S. The molecule has 2 aliphatic rings. The van der Waals surface area contributed by atoms with Crippen LogP contribution in [0.5, 0.6) is 5.75 Å². The van der Waals surface area contributed by atoms with Gasteiger partial charge in [-0.1, -0.05) is 24.3 Å². The van der Waals surface area contributed by atoms with Crippen LogP contribution >= 0.6 is 0 Å². The molecule has 1 amide bonds. The lowest BCUT2D eigenvalue weighted by molar-refractivity contribution is 0.0620. The Bertz CT molecular complexity index is 1050. The van der Waals surface area contributed by atoms with Crippen LogP contribution in [0, 0.1) is 6.92 Å². The molecule has 0 radical (unpaired) electrons. The molecule has 8 nitrogen and oxygen atoms in total. The maximum atomic E-state index is 13.1. The number of carbonyl (C=O) groups is 1. The number of para-hydroxylation sites is 1. The predicted octanol–water partition coefficient (Wildman–Crippen LogP) is 1.85. The van der Waals surface area contributed by atoms with Gasteiger partial charge in [0, 0.05) is 51.4 Å². The Hall–Kier alpha value is -2.46. The summed E-state index contributed by atoms with van der Waals surface area (Å²) in [5, 5.41) is 0. The Kier molecular flexibility index (Phi) is 7.64. The molecule has 2 aromatic carbocycles. The Labute approximate surface area is 195 Å². The molecule has 0 N–H and O–H groups in total. The highest BCUT2D eigenvalue weighted by atomic mass is 32.2. The summed E-state index contributed by atoms with van der Waals surface area (Å²) >= 11 is 0. The maximum absolute atomic E-state index is 13.1. The predicted molar refractivity (Wildman–Crippen MR) is 125 cm³/mol. The van der Waals surface area contributed by atoms with E-state index in [1.807, 2.05) is 30.3 Å². The molecule has 2 saturated heterocycles. The molecule has 2 fully saturated rings. The summed E-state index contributed by atoms with van der Waals surface area (Å²) in [4.78, 5) is 17.4. The fourth-order valence-corrected chi connectivity index (χ4v) is 5.76. The maximum Gasteiger partial charge on any atom is 0.253 e. The highest BCUT2D eigenvalue weighted by Gasteiger charge is 2.29. The number of ether oxygens (including phenoxy) is 2. The lowest BCUT2D eigenvalue weighted by Gasteiger charge is -2.34. The van der Waals surface area contributed by atoms with E-state index in [1.54, 1.807) is 24.0 Å². The molecule has 9 heteroatoms. The topological polar surface area (TPSA) is 79.4 Å². The molecule has 0 saturated carbocycles. The molecule has 0 aliphatic carbocycles.